The van der Waals surface area contributed by atoms with Crippen molar-refractivity contribution < 1.29 is 19.4 Å². The molecule has 2 aliphatic heterocycles. The van der Waals surface area contributed by atoms with E-state index in [0.717, 1.165) is 17.7 Å². The lowest BCUT2D eigenvalue weighted by atomic mass is 9.84. The van der Waals surface area contributed by atoms with Gasteiger partial charge < -0.3 is 14.7 Å². The van der Waals surface area contributed by atoms with Crippen molar-refractivity contribution in [2.75, 3.05) is 25.4 Å². The van der Waals surface area contributed by atoms with Gasteiger partial charge in [-0.2, -0.15) is 0 Å². The molecule has 26 heavy (non-hydrogen) atoms. The fourth-order valence-corrected chi connectivity index (χ4v) is 4.94. The van der Waals surface area contributed by atoms with E-state index in [1.807, 2.05) is 4.90 Å². The van der Waals surface area contributed by atoms with Gasteiger partial charge in [-0.05, 0) is 50.7 Å². The second-order valence-corrected chi connectivity index (χ2v) is 8.36. The highest BCUT2D eigenvalue weighted by molar-refractivity contribution is 8.00. The first-order chi connectivity index (χ1) is 12.5. The van der Waals surface area contributed by atoms with Crippen LogP contribution in [0.5, 0.6) is 0 Å². The van der Waals surface area contributed by atoms with Gasteiger partial charge in [-0.3, -0.25) is 9.59 Å². The number of benzene rings is 1. The SMILES string of the molecule is Cc1ccc(C)c(SCC(=O)N2CCC([C@@H]3OCCC3C(=O)O)CC2)c1. The van der Waals surface area contributed by atoms with Gasteiger partial charge in [-0.25, -0.2) is 0 Å². The maximum atomic E-state index is 12.5. The summed E-state index contributed by atoms with van der Waals surface area (Å²) in [6, 6.07) is 6.30. The molecule has 1 amide bonds. The molecule has 0 saturated carbocycles. The summed E-state index contributed by atoms with van der Waals surface area (Å²) >= 11 is 1.60. The van der Waals surface area contributed by atoms with Gasteiger partial charge in [0.05, 0.1) is 17.8 Å². The number of aryl methyl sites for hydroxylation is 2. The van der Waals surface area contributed by atoms with Crippen LogP contribution >= 0.6 is 11.8 Å². The second kappa shape index (κ2) is 8.44. The monoisotopic (exact) mass is 377 g/mol. The number of ether oxygens (including phenoxy) is 1. The summed E-state index contributed by atoms with van der Waals surface area (Å²) in [5, 5.41) is 9.33. The third-order valence-corrected chi connectivity index (χ3v) is 6.65. The van der Waals surface area contributed by atoms with Crippen molar-refractivity contribution in [1.29, 1.82) is 0 Å². The van der Waals surface area contributed by atoms with Crippen LogP contribution in [0, 0.1) is 25.7 Å². The lowest BCUT2D eigenvalue weighted by Gasteiger charge is -2.35. The van der Waals surface area contributed by atoms with Crippen LogP contribution in [0.3, 0.4) is 0 Å². The molecule has 2 atom stereocenters. The molecule has 0 aromatic heterocycles. The third-order valence-electron chi connectivity index (χ3n) is 5.50. The number of aliphatic carboxylic acids is 1. The number of hydrogen-bond donors (Lipinski definition) is 1. The zero-order chi connectivity index (χ0) is 18.7. The van der Waals surface area contributed by atoms with Crippen LogP contribution < -0.4 is 0 Å². The largest absolute Gasteiger partial charge is 0.481 e. The summed E-state index contributed by atoms with van der Waals surface area (Å²) in [5.74, 6) is -0.282. The maximum Gasteiger partial charge on any atom is 0.309 e. The Hall–Kier alpha value is -1.53. The molecule has 0 spiro atoms. The number of thioether (sulfide) groups is 1. The molecule has 142 valence electrons. The summed E-state index contributed by atoms with van der Waals surface area (Å²) in [6.07, 6.45) is 2.07. The minimum absolute atomic E-state index is 0.163. The van der Waals surface area contributed by atoms with Crippen LogP contribution in [-0.4, -0.2) is 53.4 Å². The fraction of sp³-hybridized carbons (Fsp3) is 0.600. The third kappa shape index (κ3) is 4.41. The summed E-state index contributed by atoms with van der Waals surface area (Å²) in [4.78, 5) is 27.0. The summed E-state index contributed by atoms with van der Waals surface area (Å²) < 4.78 is 5.70. The first-order valence-electron chi connectivity index (χ1n) is 9.28. The van der Waals surface area contributed by atoms with Crippen LogP contribution in [0.2, 0.25) is 0 Å². The highest BCUT2D eigenvalue weighted by Gasteiger charge is 2.40. The minimum Gasteiger partial charge on any atom is -0.481 e. The molecule has 0 bridgehead atoms. The topological polar surface area (TPSA) is 66.8 Å². The van der Waals surface area contributed by atoms with E-state index in [9.17, 15) is 14.7 Å². The second-order valence-electron chi connectivity index (χ2n) is 7.34. The Morgan fingerprint density at radius 2 is 1.96 bits per heavy atom. The van der Waals surface area contributed by atoms with Gasteiger partial charge in [0.25, 0.3) is 0 Å². The first kappa shape index (κ1) is 19.2. The van der Waals surface area contributed by atoms with E-state index in [2.05, 4.69) is 32.0 Å². The van der Waals surface area contributed by atoms with Gasteiger partial charge in [0, 0.05) is 24.6 Å². The predicted octanol–water partition coefficient (Wildman–Crippen LogP) is 3.12. The van der Waals surface area contributed by atoms with E-state index in [1.54, 1.807) is 11.8 Å². The van der Waals surface area contributed by atoms with Crippen molar-refractivity contribution >= 4 is 23.6 Å². The van der Waals surface area contributed by atoms with Crippen molar-refractivity contribution in [3.63, 3.8) is 0 Å². The molecule has 3 rings (SSSR count). The molecular weight excluding hydrogens is 350 g/mol. The van der Waals surface area contributed by atoms with Crippen molar-refractivity contribution in [2.45, 2.75) is 44.1 Å². The van der Waals surface area contributed by atoms with Crippen molar-refractivity contribution in [2.24, 2.45) is 11.8 Å². The maximum absolute atomic E-state index is 12.5. The molecule has 1 N–H and O–H groups in total. The van der Waals surface area contributed by atoms with E-state index in [0.29, 0.717) is 31.9 Å². The number of nitrogens with zero attached hydrogens (tertiary/aromatic N) is 1. The van der Waals surface area contributed by atoms with Crippen LogP contribution in [-0.2, 0) is 14.3 Å². The van der Waals surface area contributed by atoms with E-state index in [1.165, 1.54) is 11.1 Å². The van der Waals surface area contributed by atoms with Gasteiger partial charge in [0.15, 0.2) is 0 Å². The quantitative estimate of drug-likeness (QED) is 0.799. The normalized spacial score (nSPS) is 24.0. The number of carboxylic acids is 1. The summed E-state index contributed by atoms with van der Waals surface area (Å²) in [6.45, 7) is 6.06. The van der Waals surface area contributed by atoms with Gasteiger partial charge in [0.2, 0.25) is 5.91 Å². The molecule has 2 heterocycles. The molecule has 1 aromatic carbocycles. The average molecular weight is 378 g/mol. The van der Waals surface area contributed by atoms with E-state index in [4.69, 9.17) is 4.74 Å². The Balaban J connectivity index is 1.49. The molecule has 2 fully saturated rings. The highest BCUT2D eigenvalue weighted by Crippen LogP contribution is 2.33. The Morgan fingerprint density at radius 1 is 1.23 bits per heavy atom. The lowest BCUT2D eigenvalue weighted by molar-refractivity contribution is -0.145. The van der Waals surface area contributed by atoms with Crippen molar-refractivity contribution in [1.82, 2.24) is 4.90 Å². The Morgan fingerprint density at radius 3 is 2.65 bits per heavy atom. The van der Waals surface area contributed by atoms with Crippen LogP contribution in [0.15, 0.2) is 23.1 Å². The number of carboxylic acid groups (broad SMARTS) is 1. The molecule has 1 unspecified atom stereocenters. The van der Waals surface area contributed by atoms with Gasteiger partial charge in [-0.15, -0.1) is 11.8 Å². The molecule has 0 radical (unpaired) electrons. The molecule has 1 aromatic rings. The number of carbonyl (C=O) groups is 2. The Bertz CT molecular complexity index is 670. The number of amides is 1. The number of piperidine rings is 1. The van der Waals surface area contributed by atoms with Gasteiger partial charge >= 0.3 is 5.97 Å². The zero-order valence-electron chi connectivity index (χ0n) is 15.4. The van der Waals surface area contributed by atoms with E-state index >= 15 is 0 Å². The van der Waals surface area contributed by atoms with Crippen molar-refractivity contribution in [3.05, 3.63) is 29.3 Å². The Labute approximate surface area is 159 Å². The fourth-order valence-electron chi connectivity index (χ4n) is 3.91. The summed E-state index contributed by atoms with van der Waals surface area (Å²) in [5.41, 5.74) is 2.40. The molecule has 5 nitrogen and oxygen atoms in total. The van der Waals surface area contributed by atoms with Crippen molar-refractivity contribution in [3.8, 4) is 0 Å². The average Bonchev–Trinajstić information content (AvgIpc) is 3.12. The first-order valence-corrected chi connectivity index (χ1v) is 10.3. The van der Waals surface area contributed by atoms with Crippen LogP contribution in [0.4, 0.5) is 0 Å². The number of carbonyl (C=O) groups excluding carboxylic acids is 1. The summed E-state index contributed by atoms with van der Waals surface area (Å²) in [7, 11) is 0. The molecular formula is C20H27NO4S. The van der Waals surface area contributed by atoms with Crippen LogP contribution in [0.25, 0.3) is 0 Å². The number of hydrogen-bond acceptors (Lipinski definition) is 4. The highest BCUT2D eigenvalue weighted by atomic mass is 32.2. The molecule has 2 saturated heterocycles. The number of rotatable bonds is 5. The molecule has 0 aliphatic carbocycles. The van der Waals surface area contributed by atoms with Gasteiger partial charge in [-0.1, -0.05) is 17.7 Å². The number of likely N-dealkylation sites (tertiary alicyclic amines) is 1. The standard InChI is InChI=1S/C20H27NO4S/c1-13-3-4-14(2)17(11-13)26-12-18(22)21-8-5-15(6-9-21)19-16(20(23)24)7-10-25-19/h3-4,11,15-16,19H,5-10,12H2,1-2H3,(H,23,24)/t16?,19-/m0/s1. The van der Waals surface area contributed by atoms with E-state index in [-0.39, 0.29) is 23.8 Å². The molecule has 2 aliphatic rings. The van der Waals surface area contributed by atoms with E-state index < -0.39 is 5.97 Å². The molecule has 6 heteroatoms. The minimum atomic E-state index is -0.754. The zero-order valence-corrected chi connectivity index (χ0v) is 16.3. The van der Waals surface area contributed by atoms with Gasteiger partial charge in [0.1, 0.15) is 0 Å². The smallest absolute Gasteiger partial charge is 0.309 e. The Kier molecular flexibility index (Phi) is 6.24. The lowest BCUT2D eigenvalue weighted by Crippen LogP contribution is -2.43. The predicted molar refractivity (Wildman–Crippen MR) is 101 cm³/mol. The van der Waals surface area contributed by atoms with Crippen LogP contribution in [0.1, 0.15) is 30.4 Å².